The van der Waals surface area contributed by atoms with Gasteiger partial charge in [0.25, 0.3) is 5.91 Å². The normalized spacial score (nSPS) is 10.8. The van der Waals surface area contributed by atoms with E-state index in [1.165, 1.54) is 5.56 Å². The lowest BCUT2D eigenvalue weighted by atomic mass is 10.1. The highest BCUT2D eigenvalue weighted by Gasteiger charge is 2.09. The number of fused-ring (bicyclic) bond motifs is 1. The molecule has 0 aromatic carbocycles. The molecule has 0 unspecified atom stereocenters. The van der Waals surface area contributed by atoms with Crippen LogP contribution in [0, 0.1) is 0 Å². The molecule has 0 spiro atoms. The molecule has 3 heterocycles. The first-order chi connectivity index (χ1) is 10.8. The van der Waals surface area contributed by atoms with Crippen LogP contribution >= 0.6 is 0 Å². The van der Waals surface area contributed by atoms with E-state index >= 15 is 0 Å². The van der Waals surface area contributed by atoms with E-state index in [0.717, 1.165) is 24.0 Å². The van der Waals surface area contributed by atoms with Gasteiger partial charge in [0.15, 0.2) is 0 Å². The second-order valence-corrected chi connectivity index (χ2v) is 5.06. The van der Waals surface area contributed by atoms with Gasteiger partial charge in [-0.2, -0.15) is 0 Å². The molecule has 3 rings (SSSR count). The van der Waals surface area contributed by atoms with Gasteiger partial charge >= 0.3 is 0 Å². The number of hydrogen-bond acceptors (Lipinski definition) is 3. The van der Waals surface area contributed by atoms with Crippen molar-refractivity contribution in [3.8, 4) is 0 Å². The zero-order valence-electron chi connectivity index (χ0n) is 12.5. The predicted molar refractivity (Wildman–Crippen MR) is 85.7 cm³/mol. The molecule has 5 heteroatoms. The van der Waals surface area contributed by atoms with Crippen molar-refractivity contribution in [1.29, 1.82) is 0 Å². The van der Waals surface area contributed by atoms with Gasteiger partial charge in [0.2, 0.25) is 0 Å². The largest absolute Gasteiger partial charge is 0.352 e. The quantitative estimate of drug-likeness (QED) is 0.786. The van der Waals surface area contributed by atoms with Crippen LogP contribution in [-0.2, 0) is 13.0 Å². The Kier molecular flexibility index (Phi) is 4.14. The third-order valence-electron chi connectivity index (χ3n) is 3.68. The first-order valence-electron chi connectivity index (χ1n) is 7.40. The van der Waals surface area contributed by atoms with Crippen LogP contribution in [0.2, 0.25) is 0 Å². The van der Waals surface area contributed by atoms with Gasteiger partial charge in [-0.05, 0) is 43.2 Å². The molecule has 1 N–H and O–H groups in total. The van der Waals surface area contributed by atoms with E-state index in [4.69, 9.17) is 0 Å². The topological polar surface area (TPSA) is 59.8 Å². The zero-order chi connectivity index (χ0) is 15.4. The summed E-state index contributed by atoms with van der Waals surface area (Å²) in [6.45, 7) is 3.58. The van der Waals surface area contributed by atoms with Crippen molar-refractivity contribution in [1.82, 2.24) is 19.9 Å². The Morgan fingerprint density at radius 1 is 1.23 bits per heavy atom. The lowest BCUT2D eigenvalue weighted by Crippen LogP contribution is -2.25. The van der Waals surface area contributed by atoms with Gasteiger partial charge in [-0.3, -0.25) is 9.78 Å². The molecular weight excluding hydrogens is 276 g/mol. The van der Waals surface area contributed by atoms with Crippen molar-refractivity contribution in [3.63, 3.8) is 0 Å². The minimum atomic E-state index is -0.0697. The van der Waals surface area contributed by atoms with Crippen LogP contribution in [0.15, 0.2) is 49.1 Å². The van der Waals surface area contributed by atoms with Crippen molar-refractivity contribution in [2.75, 3.05) is 6.54 Å². The minimum absolute atomic E-state index is 0.0697. The van der Waals surface area contributed by atoms with Crippen molar-refractivity contribution in [3.05, 3.63) is 60.2 Å². The van der Waals surface area contributed by atoms with Crippen LogP contribution in [0.1, 0.15) is 22.8 Å². The summed E-state index contributed by atoms with van der Waals surface area (Å²) in [4.78, 5) is 20.3. The molecule has 22 heavy (non-hydrogen) atoms. The molecule has 0 radical (unpaired) electrons. The van der Waals surface area contributed by atoms with Gasteiger partial charge in [-0.1, -0.05) is 0 Å². The number of aromatic nitrogens is 3. The Bertz CT molecular complexity index is 780. The fraction of sp³-hybridized carbons (Fsp3) is 0.235. The molecule has 0 saturated heterocycles. The number of amides is 1. The summed E-state index contributed by atoms with van der Waals surface area (Å²) < 4.78 is 2.13. The van der Waals surface area contributed by atoms with E-state index in [1.54, 1.807) is 24.5 Å². The van der Waals surface area contributed by atoms with Crippen molar-refractivity contribution in [2.45, 2.75) is 19.9 Å². The first kappa shape index (κ1) is 14.3. The Balaban J connectivity index is 1.68. The van der Waals surface area contributed by atoms with Crippen molar-refractivity contribution in [2.24, 2.45) is 0 Å². The molecule has 3 aromatic rings. The maximum absolute atomic E-state index is 12.0. The van der Waals surface area contributed by atoms with Crippen molar-refractivity contribution >= 4 is 16.9 Å². The molecule has 0 bridgehead atoms. The standard InChI is InChI=1S/C17H18N4O/c1-2-21-12-14(15-4-3-8-19-16(15)21)7-11-20-17(22)13-5-9-18-10-6-13/h3-6,8-10,12H,2,7,11H2,1H3,(H,20,22). The second kappa shape index (κ2) is 6.39. The van der Waals surface area contributed by atoms with E-state index in [2.05, 4.69) is 39.0 Å². The Labute approximate surface area is 129 Å². The SMILES string of the molecule is CCn1cc(CCNC(=O)c2ccncc2)c2cccnc21. The molecule has 1 amide bonds. The average Bonchev–Trinajstić information content (AvgIpc) is 2.94. The Morgan fingerprint density at radius 3 is 2.82 bits per heavy atom. The van der Waals surface area contributed by atoms with E-state index < -0.39 is 0 Å². The molecule has 0 aliphatic heterocycles. The summed E-state index contributed by atoms with van der Waals surface area (Å²) in [5.41, 5.74) is 2.84. The first-order valence-corrected chi connectivity index (χ1v) is 7.40. The lowest BCUT2D eigenvalue weighted by molar-refractivity contribution is 0.0954. The molecule has 0 aliphatic rings. The fourth-order valence-electron chi connectivity index (χ4n) is 2.55. The van der Waals surface area contributed by atoms with Gasteiger partial charge in [0, 0.05) is 48.8 Å². The predicted octanol–water partition coefficient (Wildman–Crippen LogP) is 2.42. The zero-order valence-corrected chi connectivity index (χ0v) is 12.5. The number of aryl methyl sites for hydroxylation is 1. The monoisotopic (exact) mass is 294 g/mol. The molecule has 3 aromatic heterocycles. The molecular formula is C17H18N4O. The van der Waals surface area contributed by atoms with Gasteiger partial charge in [-0.25, -0.2) is 4.98 Å². The van der Waals surface area contributed by atoms with Crippen LogP contribution in [0.3, 0.4) is 0 Å². The number of nitrogens with one attached hydrogen (secondary N) is 1. The molecule has 0 atom stereocenters. The fourth-order valence-corrected chi connectivity index (χ4v) is 2.55. The van der Waals surface area contributed by atoms with Gasteiger partial charge < -0.3 is 9.88 Å². The summed E-state index contributed by atoms with van der Waals surface area (Å²) in [7, 11) is 0. The third kappa shape index (κ3) is 2.83. The van der Waals surface area contributed by atoms with Crippen molar-refractivity contribution < 1.29 is 4.79 Å². The highest BCUT2D eigenvalue weighted by atomic mass is 16.1. The summed E-state index contributed by atoms with van der Waals surface area (Å²) in [6.07, 6.45) is 7.96. The number of hydrogen-bond donors (Lipinski definition) is 1. The number of nitrogens with zero attached hydrogens (tertiary/aromatic N) is 3. The molecule has 0 fully saturated rings. The number of pyridine rings is 2. The number of carbonyl (C=O) groups is 1. The Morgan fingerprint density at radius 2 is 2.05 bits per heavy atom. The lowest BCUT2D eigenvalue weighted by Gasteiger charge is -2.04. The summed E-state index contributed by atoms with van der Waals surface area (Å²) in [6, 6.07) is 7.44. The third-order valence-corrected chi connectivity index (χ3v) is 3.68. The van der Waals surface area contributed by atoms with Crippen LogP contribution in [0.25, 0.3) is 11.0 Å². The summed E-state index contributed by atoms with van der Waals surface area (Å²) in [5, 5.41) is 4.10. The average molecular weight is 294 g/mol. The van der Waals surface area contributed by atoms with Gasteiger partial charge in [0.1, 0.15) is 5.65 Å². The van der Waals surface area contributed by atoms with Crippen LogP contribution in [0.4, 0.5) is 0 Å². The van der Waals surface area contributed by atoms with E-state index in [0.29, 0.717) is 12.1 Å². The molecule has 0 aliphatic carbocycles. The maximum Gasteiger partial charge on any atom is 0.251 e. The summed E-state index contributed by atoms with van der Waals surface area (Å²) >= 11 is 0. The van der Waals surface area contributed by atoms with Gasteiger partial charge in [0.05, 0.1) is 0 Å². The Hall–Kier alpha value is -2.69. The minimum Gasteiger partial charge on any atom is -0.352 e. The van der Waals surface area contributed by atoms with Gasteiger partial charge in [-0.15, -0.1) is 0 Å². The second-order valence-electron chi connectivity index (χ2n) is 5.06. The van der Waals surface area contributed by atoms with E-state index in [-0.39, 0.29) is 5.91 Å². The molecule has 5 nitrogen and oxygen atoms in total. The smallest absolute Gasteiger partial charge is 0.251 e. The number of carbonyl (C=O) groups excluding carboxylic acids is 1. The maximum atomic E-state index is 12.0. The van der Waals surface area contributed by atoms with E-state index in [1.807, 2.05) is 12.3 Å². The van der Waals surface area contributed by atoms with E-state index in [9.17, 15) is 4.79 Å². The highest BCUT2D eigenvalue weighted by molar-refractivity contribution is 5.94. The van der Waals surface area contributed by atoms with Crippen LogP contribution in [0.5, 0.6) is 0 Å². The molecule has 0 saturated carbocycles. The van der Waals surface area contributed by atoms with Crippen LogP contribution < -0.4 is 5.32 Å². The highest BCUT2D eigenvalue weighted by Crippen LogP contribution is 2.19. The number of rotatable bonds is 5. The van der Waals surface area contributed by atoms with Crippen LogP contribution in [-0.4, -0.2) is 27.0 Å². The summed E-state index contributed by atoms with van der Waals surface area (Å²) in [5.74, 6) is -0.0697. The molecule has 112 valence electrons.